The lowest BCUT2D eigenvalue weighted by molar-refractivity contribution is -0.484. The first-order valence-electron chi connectivity index (χ1n) is 8.25. The molecule has 6 heteroatoms. The van der Waals surface area contributed by atoms with Gasteiger partial charge in [0, 0.05) is 17.4 Å². The summed E-state index contributed by atoms with van der Waals surface area (Å²) in [4.78, 5) is 22.4. The van der Waals surface area contributed by atoms with E-state index in [4.69, 9.17) is 4.43 Å². The minimum Gasteiger partial charge on any atom is -0.416 e. The highest BCUT2D eigenvalue weighted by molar-refractivity contribution is 6.74. The molecular formula is C18H29NO4Si. The normalized spacial score (nSPS) is 14.9. The molecule has 1 rings (SSSR count). The summed E-state index contributed by atoms with van der Waals surface area (Å²) in [6, 6.07) is 7.57. The third-order valence-electron chi connectivity index (χ3n) is 4.99. The molecule has 0 saturated heterocycles. The highest BCUT2D eigenvalue weighted by Gasteiger charge is 2.39. The van der Waals surface area contributed by atoms with Gasteiger partial charge in [0.15, 0.2) is 8.32 Å². The molecule has 0 bridgehead atoms. The van der Waals surface area contributed by atoms with Crippen LogP contribution in [0.4, 0.5) is 0 Å². The number of aldehydes is 1. The summed E-state index contributed by atoms with van der Waals surface area (Å²) in [5, 5.41) is 11.1. The van der Waals surface area contributed by atoms with Crippen LogP contribution in [-0.2, 0) is 9.22 Å². The molecular weight excluding hydrogens is 322 g/mol. The van der Waals surface area contributed by atoms with Crippen molar-refractivity contribution in [1.82, 2.24) is 0 Å². The standard InChI is InChI=1S/C18H29NO4Si/c1-14-7-9-15(10-8-14)17(11-19(21)22)16(12-20)13-23-24(5,6)18(2,3)4/h7-10,12,16-17H,11,13H2,1-6H3. The van der Waals surface area contributed by atoms with Gasteiger partial charge in [-0.2, -0.15) is 0 Å². The van der Waals surface area contributed by atoms with Gasteiger partial charge in [0.05, 0.1) is 5.92 Å². The van der Waals surface area contributed by atoms with Gasteiger partial charge in [-0.1, -0.05) is 50.6 Å². The van der Waals surface area contributed by atoms with Gasteiger partial charge >= 0.3 is 0 Å². The fourth-order valence-corrected chi connectivity index (χ4v) is 3.28. The van der Waals surface area contributed by atoms with E-state index in [9.17, 15) is 14.9 Å². The van der Waals surface area contributed by atoms with Gasteiger partial charge < -0.3 is 9.22 Å². The molecule has 0 spiro atoms. The molecule has 2 atom stereocenters. The van der Waals surface area contributed by atoms with Crippen LogP contribution >= 0.6 is 0 Å². The number of aryl methyl sites for hydroxylation is 1. The Morgan fingerprint density at radius 3 is 2.21 bits per heavy atom. The molecule has 0 aliphatic rings. The quantitative estimate of drug-likeness (QED) is 0.305. The summed E-state index contributed by atoms with van der Waals surface area (Å²) in [6.07, 6.45) is 0.807. The van der Waals surface area contributed by atoms with E-state index in [1.54, 1.807) is 0 Å². The largest absolute Gasteiger partial charge is 0.416 e. The lowest BCUT2D eigenvalue weighted by Gasteiger charge is -2.37. The zero-order chi connectivity index (χ0) is 18.5. The van der Waals surface area contributed by atoms with Crippen molar-refractivity contribution in [2.45, 2.75) is 51.7 Å². The highest BCUT2D eigenvalue weighted by Crippen LogP contribution is 2.37. The topological polar surface area (TPSA) is 69.4 Å². The van der Waals surface area contributed by atoms with Crippen LogP contribution in [0.1, 0.15) is 37.8 Å². The summed E-state index contributed by atoms with van der Waals surface area (Å²) in [5.74, 6) is -0.991. The summed E-state index contributed by atoms with van der Waals surface area (Å²) in [5.41, 5.74) is 1.90. The van der Waals surface area contributed by atoms with E-state index in [2.05, 4.69) is 33.9 Å². The van der Waals surface area contributed by atoms with E-state index in [1.165, 1.54) is 0 Å². The van der Waals surface area contributed by atoms with Crippen molar-refractivity contribution >= 4 is 14.6 Å². The van der Waals surface area contributed by atoms with Crippen LogP contribution in [0.25, 0.3) is 0 Å². The van der Waals surface area contributed by atoms with Crippen LogP contribution in [-0.4, -0.2) is 32.7 Å². The second-order valence-electron chi connectivity index (χ2n) is 7.90. The Balaban J connectivity index is 2.99. The second-order valence-corrected chi connectivity index (χ2v) is 12.7. The fourth-order valence-electron chi connectivity index (χ4n) is 2.23. The fraction of sp³-hybridized carbons (Fsp3) is 0.611. The van der Waals surface area contributed by atoms with Gasteiger partial charge in [-0.05, 0) is 30.6 Å². The number of carbonyl (C=O) groups is 1. The minimum absolute atomic E-state index is 0.0306. The molecule has 0 radical (unpaired) electrons. The number of nitro groups is 1. The molecule has 1 aromatic rings. The second kappa shape index (κ2) is 8.03. The summed E-state index contributed by atoms with van der Waals surface area (Å²) in [6.45, 7) is 12.5. The van der Waals surface area contributed by atoms with E-state index < -0.39 is 20.2 Å². The molecule has 0 amide bonds. The summed E-state index contributed by atoms with van der Waals surface area (Å²) >= 11 is 0. The van der Waals surface area contributed by atoms with Gasteiger partial charge in [-0.25, -0.2) is 0 Å². The molecule has 0 heterocycles. The van der Waals surface area contributed by atoms with E-state index in [0.29, 0.717) is 0 Å². The minimum atomic E-state index is -2.01. The summed E-state index contributed by atoms with van der Waals surface area (Å²) in [7, 11) is -2.01. The number of nitrogens with zero attached hydrogens (tertiary/aromatic N) is 1. The van der Waals surface area contributed by atoms with E-state index in [1.807, 2.05) is 31.2 Å². The van der Waals surface area contributed by atoms with Gasteiger partial charge in [-0.15, -0.1) is 0 Å². The first-order chi connectivity index (χ1) is 11.0. The lowest BCUT2D eigenvalue weighted by Crippen LogP contribution is -2.43. The maximum atomic E-state index is 11.6. The van der Waals surface area contributed by atoms with Crippen LogP contribution in [0.15, 0.2) is 24.3 Å². The number of carbonyl (C=O) groups excluding carboxylic acids is 1. The summed E-state index contributed by atoms with van der Waals surface area (Å²) < 4.78 is 6.14. The average Bonchev–Trinajstić information content (AvgIpc) is 2.46. The number of benzene rings is 1. The van der Waals surface area contributed by atoms with Crippen molar-refractivity contribution in [1.29, 1.82) is 0 Å². The Labute approximate surface area is 145 Å². The SMILES string of the molecule is Cc1ccc(C(C[N+](=O)[O-])C(C=O)CO[Si](C)(C)C(C)(C)C)cc1. The molecule has 134 valence electrons. The van der Waals surface area contributed by atoms with E-state index >= 15 is 0 Å². The van der Waals surface area contributed by atoms with Gasteiger partial charge in [0.1, 0.15) is 6.29 Å². The predicted molar refractivity (Wildman–Crippen MR) is 98.5 cm³/mol. The molecule has 24 heavy (non-hydrogen) atoms. The van der Waals surface area contributed by atoms with Crippen LogP contribution in [0.2, 0.25) is 18.1 Å². The molecule has 0 fully saturated rings. The Hall–Kier alpha value is -1.53. The van der Waals surface area contributed by atoms with Crippen molar-refractivity contribution in [3.8, 4) is 0 Å². The molecule has 0 aliphatic carbocycles. The number of hydrogen-bond acceptors (Lipinski definition) is 4. The maximum Gasteiger partial charge on any atom is 0.211 e. The Morgan fingerprint density at radius 2 is 1.79 bits per heavy atom. The molecule has 0 saturated carbocycles. The third kappa shape index (κ3) is 5.53. The van der Waals surface area contributed by atoms with Gasteiger partial charge in [-0.3, -0.25) is 10.1 Å². The predicted octanol–water partition coefficient (Wildman–Crippen LogP) is 4.19. The molecule has 0 aromatic heterocycles. The highest BCUT2D eigenvalue weighted by atomic mass is 28.4. The zero-order valence-corrected chi connectivity index (χ0v) is 16.5. The van der Waals surface area contributed by atoms with Crippen molar-refractivity contribution in [3.63, 3.8) is 0 Å². The Bertz CT molecular complexity index is 563. The molecule has 2 unspecified atom stereocenters. The number of hydrogen-bond donors (Lipinski definition) is 0. The number of rotatable bonds is 8. The smallest absolute Gasteiger partial charge is 0.211 e. The van der Waals surface area contributed by atoms with Crippen LogP contribution in [0.5, 0.6) is 0 Å². The van der Waals surface area contributed by atoms with Crippen LogP contribution in [0.3, 0.4) is 0 Å². The van der Waals surface area contributed by atoms with Crippen LogP contribution < -0.4 is 0 Å². The Kier molecular flexibility index (Phi) is 6.86. The van der Waals surface area contributed by atoms with Crippen molar-refractivity contribution in [3.05, 3.63) is 45.5 Å². The first kappa shape index (κ1) is 20.5. The van der Waals surface area contributed by atoms with Crippen LogP contribution in [0, 0.1) is 23.0 Å². The maximum absolute atomic E-state index is 11.6. The average molecular weight is 352 g/mol. The van der Waals surface area contributed by atoms with Gasteiger partial charge in [0.25, 0.3) is 0 Å². The monoisotopic (exact) mass is 351 g/mol. The third-order valence-corrected chi connectivity index (χ3v) is 9.49. The zero-order valence-electron chi connectivity index (χ0n) is 15.5. The molecule has 1 aromatic carbocycles. The molecule has 5 nitrogen and oxygen atoms in total. The van der Waals surface area contributed by atoms with Crippen molar-refractivity contribution in [2.75, 3.05) is 13.2 Å². The van der Waals surface area contributed by atoms with E-state index in [0.717, 1.165) is 17.4 Å². The van der Waals surface area contributed by atoms with Crippen molar-refractivity contribution in [2.24, 2.45) is 5.92 Å². The lowest BCUT2D eigenvalue weighted by atomic mass is 9.87. The molecule has 0 aliphatic heterocycles. The first-order valence-corrected chi connectivity index (χ1v) is 11.2. The van der Waals surface area contributed by atoms with Crippen molar-refractivity contribution < 1.29 is 14.1 Å². The van der Waals surface area contributed by atoms with E-state index in [-0.39, 0.29) is 23.1 Å². The van der Waals surface area contributed by atoms with Gasteiger partial charge in [0.2, 0.25) is 6.54 Å². The molecule has 0 N–H and O–H groups in total. The Morgan fingerprint density at radius 1 is 1.25 bits per heavy atom.